The third kappa shape index (κ3) is 3.49. The van der Waals surface area contributed by atoms with Crippen molar-refractivity contribution in [3.8, 4) is 0 Å². The van der Waals surface area contributed by atoms with Gasteiger partial charge in [0.05, 0.1) is 29.0 Å². The number of alkyl halides is 3. The number of amides is 1. The number of carbonyl (C=O) groups excluding carboxylic acids is 1. The molecule has 0 aromatic carbocycles. The summed E-state index contributed by atoms with van der Waals surface area (Å²) in [5.41, 5.74) is -2.01. The van der Waals surface area contributed by atoms with Crippen LogP contribution >= 0.6 is 11.6 Å². The molecular formula is C16H9ClF3N7O2. The topological polar surface area (TPSA) is 107 Å². The molecule has 4 aromatic heterocycles. The highest BCUT2D eigenvalue weighted by Gasteiger charge is 2.33. The lowest BCUT2D eigenvalue weighted by atomic mass is 10.2. The minimum absolute atomic E-state index is 0.0192. The fourth-order valence-electron chi connectivity index (χ4n) is 2.69. The quantitative estimate of drug-likeness (QED) is 0.541. The molecule has 0 spiro atoms. The van der Waals surface area contributed by atoms with Crippen molar-refractivity contribution < 1.29 is 18.0 Å². The van der Waals surface area contributed by atoms with Crippen LogP contribution in [0.25, 0.3) is 16.7 Å². The van der Waals surface area contributed by atoms with Crippen LogP contribution < -0.4 is 10.9 Å². The molecule has 0 atom stereocenters. The maximum Gasteiger partial charge on any atom is 0.433 e. The summed E-state index contributed by atoms with van der Waals surface area (Å²) in [6.45, 7) is -0.447. The van der Waals surface area contributed by atoms with Gasteiger partial charge in [0.25, 0.3) is 5.56 Å². The van der Waals surface area contributed by atoms with Gasteiger partial charge < -0.3 is 0 Å². The molecule has 4 rings (SSSR count). The van der Waals surface area contributed by atoms with E-state index >= 15 is 0 Å². The number of fused-ring (bicyclic) bond motifs is 3. The van der Waals surface area contributed by atoms with Gasteiger partial charge in [-0.3, -0.25) is 19.5 Å². The SMILES string of the molecule is O=C(Cn1c(=O)c2ccc(C(F)(F)F)nc2n2nccc12)Nc1ncc(Cl)cn1. The molecule has 4 aromatic rings. The predicted octanol–water partition coefficient (Wildman–Crippen LogP) is 2.15. The predicted molar refractivity (Wildman–Crippen MR) is 95.4 cm³/mol. The second-order valence-corrected chi connectivity index (χ2v) is 6.27. The number of aromatic nitrogens is 6. The van der Waals surface area contributed by atoms with E-state index in [0.29, 0.717) is 6.07 Å². The van der Waals surface area contributed by atoms with Crippen LogP contribution in [0.5, 0.6) is 0 Å². The zero-order valence-corrected chi connectivity index (χ0v) is 14.9. The van der Waals surface area contributed by atoms with Crippen LogP contribution in [-0.4, -0.2) is 35.0 Å². The molecule has 1 amide bonds. The Balaban J connectivity index is 1.77. The number of nitrogens with zero attached hydrogens (tertiary/aromatic N) is 6. The molecule has 29 heavy (non-hydrogen) atoms. The summed E-state index contributed by atoms with van der Waals surface area (Å²) in [6.07, 6.45) is -0.829. The molecule has 0 aliphatic rings. The van der Waals surface area contributed by atoms with Crippen LogP contribution in [0.4, 0.5) is 19.1 Å². The number of halogens is 4. The standard InChI is InChI=1S/C16H9ClF3N7O2/c17-8-5-21-15(22-6-8)25-11(28)7-26-12-3-4-23-27(12)13-9(14(26)29)1-2-10(24-13)16(18,19)20/h1-6H,7H2,(H,21,22,25,28). The molecule has 0 radical (unpaired) electrons. The second kappa shape index (κ2) is 6.81. The third-order valence-corrected chi connectivity index (χ3v) is 4.11. The molecule has 13 heteroatoms. The molecule has 0 fully saturated rings. The van der Waals surface area contributed by atoms with E-state index in [-0.39, 0.29) is 27.7 Å². The lowest BCUT2D eigenvalue weighted by Crippen LogP contribution is -2.30. The third-order valence-electron chi connectivity index (χ3n) is 3.91. The van der Waals surface area contributed by atoms with Gasteiger partial charge in [-0.05, 0) is 12.1 Å². The summed E-state index contributed by atoms with van der Waals surface area (Å²) in [6, 6.07) is 3.09. The van der Waals surface area contributed by atoms with Gasteiger partial charge >= 0.3 is 6.18 Å². The Morgan fingerprint density at radius 1 is 1.17 bits per heavy atom. The van der Waals surface area contributed by atoms with E-state index in [1.165, 1.54) is 24.7 Å². The Morgan fingerprint density at radius 2 is 1.90 bits per heavy atom. The van der Waals surface area contributed by atoms with Crippen molar-refractivity contribution in [1.29, 1.82) is 0 Å². The van der Waals surface area contributed by atoms with Crippen molar-refractivity contribution in [2.75, 3.05) is 5.32 Å². The fourth-order valence-corrected chi connectivity index (χ4v) is 2.78. The first kappa shape index (κ1) is 18.8. The largest absolute Gasteiger partial charge is 0.433 e. The first-order valence-electron chi connectivity index (χ1n) is 7.96. The average Bonchev–Trinajstić information content (AvgIpc) is 3.16. The number of hydrogen-bond donors (Lipinski definition) is 1. The Labute approximate surface area is 163 Å². The first-order chi connectivity index (χ1) is 13.7. The van der Waals surface area contributed by atoms with Gasteiger partial charge in [0.1, 0.15) is 17.9 Å². The number of carbonyl (C=O) groups is 1. The molecular weight excluding hydrogens is 415 g/mol. The van der Waals surface area contributed by atoms with Gasteiger partial charge in [0.2, 0.25) is 11.9 Å². The van der Waals surface area contributed by atoms with Gasteiger partial charge in [-0.25, -0.2) is 15.0 Å². The van der Waals surface area contributed by atoms with E-state index < -0.39 is 29.9 Å². The maximum atomic E-state index is 13.0. The van der Waals surface area contributed by atoms with Crippen molar-refractivity contribution in [3.63, 3.8) is 0 Å². The lowest BCUT2D eigenvalue weighted by molar-refractivity contribution is -0.141. The number of rotatable bonds is 3. The van der Waals surface area contributed by atoms with Crippen LogP contribution in [0.2, 0.25) is 5.02 Å². The van der Waals surface area contributed by atoms with Crippen molar-refractivity contribution in [3.05, 3.63) is 57.9 Å². The molecule has 4 heterocycles. The highest BCUT2D eigenvalue weighted by atomic mass is 35.5. The zero-order chi connectivity index (χ0) is 20.8. The minimum atomic E-state index is -4.68. The minimum Gasteiger partial charge on any atom is -0.293 e. The first-order valence-corrected chi connectivity index (χ1v) is 8.34. The molecule has 0 unspecified atom stereocenters. The van der Waals surface area contributed by atoms with E-state index in [2.05, 4.69) is 25.4 Å². The van der Waals surface area contributed by atoms with Gasteiger partial charge in [0, 0.05) is 6.07 Å². The summed E-state index contributed by atoms with van der Waals surface area (Å²) in [5, 5.41) is 6.49. The maximum absolute atomic E-state index is 13.0. The summed E-state index contributed by atoms with van der Waals surface area (Å²) in [5.74, 6) is -0.647. The van der Waals surface area contributed by atoms with Crippen LogP contribution in [-0.2, 0) is 17.5 Å². The number of pyridine rings is 1. The van der Waals surface area contributed by atoms with Crippen molar-refractivity contribution in [2.45, 2.75) is 12.7 Å². The Bertz CT molecular complexity index is 1300. The highest BCUT2D eigenvalue weighted by Crippen LogP contribution is 2.28. The van der Waals surface area contributed by atoms with Crippen molar-refractivity contribution in [1.82, 2.24) is 29.1 Å². The van der Waals surface area contributed by atoms with Crippen LogP contribution in [0.1, 0.15) is 5.69 Å². The summed E-state index contributed by atoms with van der Waals surface area (Å²) >= 11 is 5.68. The van der Waals surface area contributed by atoms with Crippen LogP contribution in [0, 0.1) is 0 Å². The number of nitrogens with one attached hydrogen (secondary N) is 1. The molecule has 0 bridgehead atoms. The van der Waals surface area contributed by atoms with Crippen LogP contribution in [0.3, 0.4) is 0 Å². The fraction of sp³-hybridized carbons (Fsp3) is 0.125. The summed E-state index contributed by atoms with van der Waals surface area (Å²) in [7, 11) is 0. The molecule has 9 nitrogen and oxygen atoms in total. The van der Waals surface area contributed by atoms with Crippen molar-refractivity contribution in [2.24, 2.45) is 0 Å². The lowest BCUT2D eigenvalue weighted by Gasteiger charge is -2.12. The molecule has 0 aliphatic heterocycles. The normalized spacial score (nSPS) is 11.9. The number of hydrogen-bond acceptors (Lipinski definition) is 6. The zero-order valence-electron chi connectivity index (χ0n) is 14.2. The van der Waals surface area contributed by atoms with E-state index in [9.17, 15) is 22.8 Å². The van der Waals surface area contributed by atoms with Gasteiger partial charge in [-0.2, -0.15) is 22.8 Å². The Hall–Kier alpha value is -3.54. The molecule has 0 aliphatic carbocycles. The smallest absolute Gasteiger partial charge is 0.293 e. The molecule has 148 valence electrons. The average molecular weight is 424 g/mol. The Morgan fingerprint density at radius 3 is 2.59 bits per heavy atom. The molecule has 1 N–H and O–H groups in total. The monoisotopic (exact) mass is 423 g/mol. The number of anilines is 1. The van der Waals surface area contributed by atoms with E-state index in [0.717, 1.165) is 15.1 Å². The van der Waals surface area contributed by atoms with E-state index in [4.69, 9.17) is 11.6 Å². The van der Waals surface area contributed by atoms with Crippen LogP contribution in [0.15, 0.2) is 41.6 Å². The van der Waals surface area contributed by atoms with Gasteiger partial charge in [0.15, 0.2) is 5.65 Å². The van der Waals surface area contributed by atoms with Gasteiger partial charge in [-0.15, -0.1) is 0 Å². The molecule has 0 saturated carbocycles. The summed E-state index contributed by atoms with van der Waals surface area (Å²) < 4.78 is 41.1. The highest BCUT2D eigenvalue weighted by molar-refractivity contribution is 6.30. The van der Waals surface area contributed by atoms with Gasteiger partial charge in [-0.1, -0.05) is 11.6 Å². The van der Waals surface area contributed by atoms with Crippen molar-refractivity contribution >= 4 is 40.1 Å². The Kier molecular flexibility index (Phi) is 4.42. The van der Waals surface area contributed by atoms with E-state index in [1.54, 1.807) is 0 Å². The second-order valence-electron chi connectivity index (χ2n) is 5.83. The summed E-state index contributed by atoms with van der Waals surface area (Å²) in [4.78, 5) is 36.3. The van der Waals surface area contributed by atoms with E-state index in [1.807, 2.05) is 0 Å². The molecule has 0 saturated heterocycles.